The smallest absolute Gasteiger partial charge is 0.351 e. The number of rotatable bonds is 3. The number of benzene rings is 1. The maximum Gasteiger partial charge on any atom is 0.418 e. The Morgan fingerprint density at radius 3 is 2.30 bits per heavy atom. The highest BCUT2D eigenvalue weighted by molar-refractivity contribution is 6.00. The molecule has 1 amide bonds. The van der Waals surface area contributed by atoms with Crippen LogP contribution in [0.1, 0.15) is 36.7 Å². The molecule has 4 nitrogen and oxygen atoms in total. The van der Waals surface area contributed by atoms with Crippen molar-refractivity contribution < 1.29 is 18.0 Å². The molecule has 0 fully saturated rings. The lowest BCUT2D eigenvalue weighted by atomic mass is 9.96. The van der Waals surface area contributed by atoms with Crippen LogP contribution >= 0.6 is 0 Å². The minimum atomic E-state index is -4.58. The Balaban J connectivity index is 3.10. The summed E-state index contributed by atoms with van der Waals surface area (Å²) in [6.45, 7) is 6.05. The molecule has 1 aromatic rings. The molecule has 0 saturated heterocycles. The second-order valence-corrected chi connectivity index (χ2v) is 5.61. The number of hydrogen-bond donors (Lipinski definition) is 3. The molecule has 7 heteroatoms. The van der Waals surface area contributed by atoms with Gasteiger partial charge in [-0.05, 0) is 17.5 Å². The van der Waals surface area contributed by atoms with Crippen molar-refractivity contribution in [3.63, 3.8) is 0 Å². The van der Waals surface area contributed by atoms with E-state index in [1.54, 1.807) is 0 Å². The summed E-state index contributed by atoms with van der Waals surface area (Å²) in [4.78, 5) is 12.0. The van der Waals surface area contributed by atoms with Crippen LogP contribution in [0.4, 0.5) is 18.9 Å². The highest BCUT2D eigenvalue weighted by Crippen LogP contribution is 2.36. The van der Waals surface area contributed by atoms with E-state index in [2.05, 4.69) is 5.32 Å². The number of nitrogens with two attached hydrogens (primary N) is 1. The summed E-state index contributed by atoms with van der Waals surface area (Å²) in [5.74, 6) is 4.54. The van der Waals surface area contributed by atoms with Crippen molar-refractivity contribution in [2.45, 2.75) is 26.9 Å². The number of hydrazine groups is 1. The van der Waals surface area contributed by atoms with Gasteiger partial charge in [-0.2, -0.15) is 13.2 Å². The van der Waals surface area contributed by atoms with Gasteiger partial charge in [0.05, 0.1) is 16.8 Å². The average molecular weight is 289 g/mol. The molecule has 0 atom stereocenters. The number of carbonyl (C=O) groups excluding carboxylic acids is 1. The number of alkyl halides is 3. The SMILES string of the molecule is CC(C)(C)CNC(=O)c1cccc(C(F)(F)F)c1NN. The van der Waals surface area contributed by atoms with Crippen molar-refractivity contribution in [1.29, 1.82) is 0 Å². The van der Waals surface area contributed by atoms with E-state index in [0.29, 0.717) is 6.54 Å². The Morgan fingerprint density at radius 1 is 1.25 bits per heavy atom. The fourth-order valence-corrected chi connectivity index (χ4v) is 1.57. The Bertz CT molecular complexity index is 493. The van der Waals surface area contributed by atoms with E-state index in [9.17, 15) is 18.0 Å². The first-order chi connectivity index (χ1) is 9.06. The average Bonchev–Trinajstić information content (AvgIpc) is 2.32. The summed E-state index contributed by atoms with van der Waals surface area (Å²) in [6.07, 6.45) is -4.58. The zero-order valence-electron chi connectivity index (χ0n) is 11.6. The molecule has 0 aliphatic carbocycles. The largest absolute Gasteiger partial charge is 0.418 e. The number of anilines is 1. The Hall–Kier alpha value is -1.76. The van der Waals surface area contributed by atoms with Crippen LogP contribution in [0.2, 0.25) is 0 Å². The minimum Gasteiger partial charge on any atom is -0.351 e. The van der Waals surface area contributed by atoms with Gasteiger partial charge in [0.25, 0.3) is 5.91 Å². The predicted octanol–water partition coefficient (Wildman–Crippen LogP) is 2.77. The number of para-hydroxylation sites is 1. The molecule has 0 aliphatic heterocycles. The van der Waals surface area contributed by atoms with Gasteiger partial charge in [-0.1, -0.05) is 26.8 Å². The normalized spacial score (nSPS) is 12.2. The van der Waals surface area contributed by atoms with Crippen molar-refractivity contribution in [2.75, 3.05) is 12.0 Å². The quantitative estimate of drug-likeness (QED) is 0.592. The van der Waals surface area contributed by atoms with Crippen LogP contribution in [0.5, 0.6) is 0 Å². The summed E-state index contributed by atoms with van der Waals surface area (Å²) < 4.78 is 38.5. The molecule has 4 N–H and O–H groups in total. The van der Waals surface area contributed by atoms with Gasteiger partial charge in [0, 0.05) is 6.54 Å². The van der Waals surface area contributed by atoms with Crippen LogP contribution in [0.15, 0.2) is 18.2 Å². The Morgan fingerprint density at radius 2 is 1.85 bits per heavy atom. The fraction of sp³-hybridized carbons (Fsp3) is 0.462. The molecule has 0 saturated carbocycles. The van der Waals surface area contributed by atoms with Gasteiger partial charge >= 0.3 is 6.18 Å². The minimum absolute atomic E-state index is 0.133. The van der Waals surface area contributed by atoms with Crippen LogP contribution in [-0.4, -0.2) is 12.5 Å². The number of halogens is 3. The standard InChI is InChI=1S/C13H18F3N3O/c1-12(2,3)7-18-11(20)8-5-4-6-9(10(8)19-17)13(14,15)16/h4-6,19H,7,17H2,1-3H3,(H,18,20). The van der Waals surface area contributed by atoms with Crippen molar-refractivity contribution in [1.82, 2.24) is 5.32 Å². The molecule has 112 valence electrons. The van der Waals surface area contributed by atoms with Crippen molar-refractivity contribution in [3.8, 4) is 0 Å². The van der Waals surface area contributed by atoms with Crippen LogP contribution in [0.3, 0.4) is 0 Å². The van der Waals surface area contributed by atoms with Crippen molar-refractivity contribution in [2.24, 2.45) is 11.3 Å². The van der Waals surface area contributed by atoms with Crippen LogP contribution in [0, 0.1) is 5.41 Å². The number of amides is 1. The topological polar surface area (TPSA) is 67.2 Å². The second-order valence-electron chi connectivity index (χ2n) is 5.61. The van der Waals surface area contributed by atoms with E-state index in [0.717, 1.165) is 6.07 Å². The van der Waals surface area contributed by atoms with Crippen LogP contribution in [0.25, 0.3) is 0 Å². The zero-order valence-corrected chi connectivity index (χ0v) is 11.6. The van der Waals surface area contributed by atoms with Gasteiger partial charge in [-0.15, -0.1) is 0 Å². The maximum absolute atomic E-state index is 12.8. The maximum atomic E-state index is 12.8. The van der Waals surface area contributed by atoms with Crippen molar-refractivity contribution in [3.05, 3.63) is 29.3 Å². The molecular weight excluding hydrogens is 271 g/mol. The lowest BCUT2D eigenvalue weighted by Gasteiger charge is -2.20. The molecule has 0 spiro atoms. The lowest BCUT2D eigenvalue weighted by molar-refractivity contribution is -0.137. The molecule has 0 bridgehead atoms. The molecule has 1 rings (SSSR count). The first-order valence-corrected chi connectivity index (χ1v) is 6.01. The van der Waals surface area contributed by atoms with Gasteiger partial charge in [-0.25, -0.2) is 0 Å². The van der Waals surface area contributed by atoms with E-state index in [1.807, 2.05) is 26.2 Å². The third kappa shape index (κ3) is 4.12. The van der Waals surface area contributed by atoms with E-state index in [1.165, 1.54) is 12.1 Å². The van der Waals surface area contributed by atoms with Crippen LogP contribution in [-0.2, 0) is 6.18 Å². The monoisotopic (exact) mass is 289 g/mol. The second kappa shape index (κ2) is 5.70. The summed E-state index contributed by atoms with van der Waals surface area (Å²) in [6, 6.07) is 3.34. The zero-order chi connectivity index (χ0) is 15.6. The molecule has 0 heterocycles. The third-order valence-corrected chi connectivity index (χ3v) is 2.54. The highest BCUT2D eigenvalue weighted by atomic mass is 19.4. The molecular formula is C13H18F3N3O. The fourth-order valence-electron chi connectivity index (χ4n) is 1.57. The van der Waals surface area contributed by atoms with Gasteiger partial charge in [0.15, 0.2) is 0 Å². The molecule has 1 aromatic carbocycles. The summed E-state index contributed by atoms with van der Waals surface area (Å²) in [5.41, 5.74) is 0.268. The highest BCUT2D eigenvalue weighted by Gasteiger charge is 2.35. The van der Waals surface area contributed by atoms with E-state index >= 15 is 0 Å². The number of carbonyl (C=O) groups is 1. The van der Waals surface area contributed by atoms with E-state index < -0.39 is 23.3 Å². The van der Waals surface area contributed by atoms with Crippen LogP contribution < -0.4 is 16.6 Å². The molecule has 0 radical (unpaired) electrons. The first-order valence-electron chi connectivity index (χ1n) is 6.01. The first kappa shape index (κ1) is 16.3. The van der Waals surface area contributed by atoms with Gasteiger partial charge in [0.2, 0.25) is 0 Å². The lowest BCUT2D eigenvalue weighted by Crippen LogP contribution is -2.33. The van der Waals surface area contributed by atoms with Gasteiger partial charge in [-0.3, -0.25) is 10.6 Å². The van der Waals surface area contributed by atoms with Gasteiger partial charge < -0.3 is 10.7 Å². The Kier molecular flexibility index (Phi) is 4.65. The number of nitrogen functional groups attached to an aromatic ring is 1. The third-order valence-electron chi connectivity index (χ3n) is 2.54. The number of hydrogen-bond acceptors (Lipinski definition) is 3. The summed E-state index contributed by atoms with van der Waals surface area (Å²) in [7, 11) is 0. The Labute approximate surface area is 115 Å². The van der Waals surface area contributed by atoms with E-state index in [4.69, 9.17) is 5.84 Å². The molecule has 0 unspecified atom stereocenters. The van der Waals surface area contributed by atoms with E-state index in [-0.39, 0.29) is 11.0 Å². The summed E-state index contributed by atoms with van der Waals surface area (Å²) >= 11 is 0. The van der Waals surface area contributed by atoms with Crippen molar-refractivity contribution >= 4 is 11.6 Å². The predicted molar refractivity (Wildman–Crippen MR) is 71.0 cm³/mol. The molecule has 0 aliphatic rings. The number of nitrogens with one attached hydrogen (secondary N) is 2. The molecule has 0 aromatic heterocycles. The van der Waals surface area contributed by atoms with Gasteiger partial charge in [0.1, 0.15) is 0 Å². The summed E-state index contributed by atoms with van der Waals surface area (Å²) in [5, 5.41) is 2.59. The molecule has 20 heavy (non-hydrogen) atoms.